The predicted molar refractivity (Wildman–Crippen MR) is 82.5 cm³/mol. The molecule has 0 atom stereocenters. The Morgan fingerprint density at radius 1 is 0.857 bits per heavy atom. The second-order valence-electron chi connectivity index (χ2n) is 4.80. The summed E-state index contributed by atoms with van der Waals surface area (Å²) in [6, 6.07) is 13.1. The van der Waals surface area contributed by atoms with E-state index in [9.17, 15) is 8.78 Å². The molecular formula is C18H18F2O. The van der Waals surface area contributed by atoms with E-state index in [1.807, 2.05) is 12.1 Å². The molecule has 0 fully saturated rings. The molecule has 0 unspecified atom stereocenters. The van der Waals surface area contributed by atoms with Crippen molar-refractivity contribution < 1.29 is 13.5 Å². The highest BCUT2D eigenvalue weighted by Crippen LogP contribution is 2.29. The fraction of sp³-hybridized carbons (Fsp3) is 0.222. The van der Waals surface area contributed by atoms with Gasteiger partial charge in [0.25, 0.3) is 0 Å². The van der Waals surface area contributed by atoms with Gasteiger partial charge in [0.15, 0.2) is 11.7 Å². The molecule has 0 heterocycles. The highest BCUT2D eigenvalue weighted by atomic mass is 19.2. The third kappa shape index (κ3) is 3.69. The van der Waals surface area contributed by atoms with Crippen LogP contribution in [-0.4, -0.2) is 7.11 Å². The van der Waals surface area contributed by atoms with Crippen LogP contribution in [0.25, 0.3) is 11.7 Å². The maximum atomic E-state index is 14.2. The molecule has 0 spiro atoms. The summed E-state index contributed by atoms with van der Waals surface area (Å²) in [6.45, 7) is 2.08. The van der Waals surface area contributed by atoms with Crippen LogP contribution in [0, 0.1) is 0 Å². The number of methoxy groups -OCH3 is 1. The molecule has 3 heteroatoms. The molecule has 0 aromatic heterocycles. The first-order valence-electron chi connectivity index (χ1n) is 6.94. The standard InChI is InChI=1S/C18H18F2O/c1-3-4-13-5-7-14(8-6-13)17(19)18(20)15-9-11-16(21-2)12-10-15/h5-12H,3-4H2,1-2H3/b18-17+. The molecule has 0 N–H and O–H groups in total. The summed E-state index contributed by atoms with van der Waals surface area (Å²) in [7, 11) is 1.53. The molecule has 0 aliphatic heterocycles. The van der Waals surface area contributed by atoms with Gasteiger partial charge in [-0.3, -0.25) is 0 Å². The van der Waals surface area contributed by atoms with Gasteiger partial charge in [-0.25, -0.2) is 8.78 Å². The zero-order chi connectivity index (χ0) is 15.2. The lowest BCUT2D eigenvalue weighted by Gasteiger charge is -2.05. The number of hydrogen-bond acceptors (Lipinski definition) is 1. The van der Waals surface area contributed by atoms with Crippen molar-refractivity contribution in [1.82, 2.24) is 0 Å². The largest absolute Gasteiger partial charge is 0.497 e. The average molecular weight is 288 g/mol. The summed E-state index contributed by atoms with van der Waals surface area (Å²) in [6.07, 6.45) is 1.96. The molecule has 0 amide bonds. The first kappa shape index (κ1) is 15.2. The van der Waals surface area contributed by atoms with Gasteiger partial charge in [-0.05, 0) is 36.2 Å². The first-order chi connectivity index (χ1) is 10.2. The molecule has 2 aromatic rings. The van der Waals surface area contributed by atoms with Crippen molar-refractivity contribution >= 4 is 11.7 Å². The average Bonchev–Trinajstić information content (AvgIpc) is 2.54. The molecule has 21 heavy (non-hydrogen) atoms. The molecule has 110 valence electrons. The second kappa shape index (κ2) is 7.02. The summed E-state index contributed by atoms with van der Waals surface area (Å²) in [5.41, 5.74) is 1.58. The van der Waals surface area contributed by atoms with Crippen LogP contribution in [0.2, 0.25) is 0 Å². The fourth-order valence-corrected chi connectivity index (χ4v) is 2.10. The van der Waals surface area contributed by atoms with Crippen molar-refractivity contribution in [2.24, 2.45) is 0 Å². The van der Waals surface area contributed by atoms with Gasteiger partial charge in [0.05, 0.1) is 7.11 Å². The third-order valence-corrected chi connectivity index (χ3v) is 3.28. The van der Waals surface area contributed by atoms with Crippen LogP contribution in [0.1, 0.15) is 30.0 Å². The summed E-state index contributed by atoms with van der Waals surface area (Å²) >= 11 is 0. The van der Waals surface area contributed by atoms with E-state index in [1.54, 1.807) is 24.3 Å². The van der Waals surface area contributed by atoms with Gasteiger partial charge in [0.2, 0.25) is 0 Å². The Hall–Kier alpha value is -2.16. The summed E-state index contributed by atoms with van der Waals surface area (Å²) in [4.78, 5) is 0. The molecule has 0 radical (unpaired) electrons. The van der Waals surface area contributed by atoms with Crippen LogP contribution >= 0.6 is 0 Å². The lowest BCUT2D eigenvalue weighted by atomic mass is 10.1. The van der Waals surface area contributed by atoms with Crippen LogP contribution in [-0.2, 0) is 6.42 Å². The van der Waals surface area contributed by atoms with E-state index in [-0.39, 0.29) is 11.1 Å². The lowest BCUT2D eigenvalue weighted by Crippen LogP contribution is -1.88. The summed E-state index contributed by atoms with van der Waals surface area (Å²) < 4.78 is 33.3. The Balaban J connectivity index is 2.27. The lowest BCUT2D eigenvalue weighted by molar-refractivity contribution is 0.414. The summed E-state index contributed by atoms with van der Waals surface area (Å²) in [5, 5.41) is 0. The molecule has 0 aliphatic rings. The number of ether oxygens (including phenoxy) is 1. The molecule has 0 aliphatic carbocycles. The Morgan fingerprint density at radius 2 is 1.33 bits per heavy atom. The molecule has 1 nitrogen and oxygen atoms in total. The van der Waals surface area contributed by atoms with Gasteiger partial charge in [0.1, 0.15) is 5.75 Å². The van der Waals surface area contributed by atoms with Gasteiger partial charge in [-0.15, -0.1) is 0 Å². The van der Waals surface area contributed by atoms with Crippen LogP contribution in [0.15, 0.2) is 48.5 Å². The number of benzene rings is 2. The molecule has 0 bridgehead atoms. The van der Waals surface area contributed by atoms with E-state index < -0.39 is 11.7 Å². The number of halogens is 2. The molecule has 0 saturated carbocycles. The molecule has 2 aromatic carbocycles. The van der Waals surface area contributed by atoms with Crippen molar-refractivity contribution in [3.05, 3.63) is 65.2 Å². The fourth-order valence-electron chi connectivity index (χ4n) is 2.10. The van der Waals surface area contributed by atoms with Crippen LogP contribution in [0.3, 0.4) is 0 Å². The van der Waals surface area contributed by atoms with E-state index in [0.717, 1.165) is 18.4 Å². The van der Waals surface area contributed by atoms with Crippen molar-refractivity contribution in [3.8, 4) is 5.75 Å². The van der Waals surface area contributed by atoms with Crippen LogP contribution in [0.4, 0.5) is 8.78 Å². The van der Waals surface area contributed by atoms with Gasteiger partial charge in [-0.2, -0.15) is 0 Å². The minimum Gasteiger partial charge on any atom is -0.497 e. The first-order valence-corrected chi connectivity index (χ1v) is 6.94. The zero-order valence-electron chi connectivity index (χ0n) is 12.2. The molecule has 2 rings (SSSR count). The SMILES string of the molecule is CCCc1ccc(/C(F)=C(\F)c2ccc(OC)cc2)cc1. The summed E-state index contributed by atoms with van der Waals surface area (Å²) in [5.74, 6) is -1.10. The maximum absolute atomic E-state index is 14.2. The monoisotopic (exact) mass is 288 g/mol. The molecular weight excluding hydrogens is 270 g/mol. The Labute approximate surface area is 123 Å². The smallest absolute Gasteiger partial charge is 0.166 e. The van der Waals surface area contributed by atoms with Gasteiger partial charge >= 0.3 is 0 Å². The minimum atomic E-state index is -0.860. The van der Waals surface area contributed by atoms with Gasteiger partial charge < -0.3 is 4.74 Å². The predicted octanol–water partition coefficient (Wildman–Crippen LogP) is 5.41. The van der Waals surface area contributed by atoms with Crippen LogP contribution in [0.5, 0.6) is 5.75 Å². The van der Waals surface area contributed by atoms with Crippen molar-refractivity contribution in [2.75, 3.05) is 7.11 Å². The number of aryl methyl sites for hydroxylation is 1. The Bertz CT molecular complexity index is 613. The Morgan fingerprint density at radius 3 is 1.76 bits per heavy atom. The van der Waals surface area contributed by atoms with E-state index in [1.165, 1.54) is 19.2 Å². The quantitative estimate of drug-likeness (QED) is 0.668. The van der Waals surface area contributed by atoms with Crippen molar-refractivity contribution in [1.29, 1.82) is 0 Å². The van der Waals surface area contributed by atoms with Gasteiger partial charge in [0, 0.05) is 11.1 Å². The van der Waals surface area contributed by atoms with E-state index >= 15 is 0 Å². The van der Waals surface area contributed by atoms with E-state index in [2.05, 4.69) is 6.92 Å². The van der Waals surface area contributed by atoms with Gasteiger partial charge in [-0.1, -0.05) is 37.6 Å². The topological polar surface area (TPSA) is 9.23 Å². The minimum absolute atomic E-state index is 0.200. The highest BCUT2D eigenvalue weighted by Gasteiger charge is 2.11. The maximum Gasteiger partial charge on any atom is 0.166 e. The number of hydrogen-bond donors (Lipinski definition) is 0. The number of rotatable bonds is 5. The Kier molecular flexibility index (Phi) is 5.09. The van der Waals surface area contributed by atoms with Crippen LogP contribution < -0.4 is 4.74 Å². The van der Waals surface area contributed by atoms with E-state index in [4.69, 9.17) is 4.74 Å². The highest BCUT2D eigenvalue weighted by molar-refractivity contribution is 5.83. The zero-order valence-corrected chi connectivity index (χ0v) is 12.2. The van der Waals surface area contributed by atoms with Crippen molar-refractivity contribution in [2.45, 2.75) is 19.8 Å². The third-order valence-electron chi connectivity index (χ3n) is 3.28. The second-order valence-corrected chi connectivity index (χ2v) is 4.80. The normalized spacial score (nSPS) is 12.0. The van der Waals surface area contributed by atoms with E-state index in [0.29, 0.717) is 5.75 Å². The molecule has 0 saturated heterocycles. The van der Waals surface area contributed by atoms with Crippen molar-refractivity contribution in [3.63, 3.8) is 0 Å².